The molecule has 0 radical (unpaired) electrons. The van der Waals surface area contributed by atoms with Crippen LogP contribution in [0.15, 0.2) is 59.0 Å². The number of aryl methyl sites for hydroxylation is 1. The molecule has 2 rings (SSSR count). The summed E-state index contributed by atoms with van der Waals surface area (Å²) in [6.07, 6.45) is 1.24. The molecule has 9 nitrogen and oxygen atoms in total. The van der Waals surface area contributed by atoms with Gasteiger partial charge in [0.25, 0.3) is 5.69 Å². The SMILES string of the molecule is CCOC(=O)CN(C/C(C#N)=C/c1ccccc1[N+](=O)[O-])S(=O)(=O)c1ccc(C)cc1. The van der Waals surface area contributed by atoms with Gasteiger partial charge in [-0.2, -0.15) is 9.57 Å². The standard InChI is InChI=1S/C21H21N3O6S/c1-3-30-21(25)15-23(31(28,29)19-10-8-16(2)9-11-19)14-17(13-22)12-18-6-4-5-7-20(18)24(26)27/h4-12H,3,14-15H2,1-2H3/b17-12+. The van der Waals surface area contributed by atoms with Crippen LogP contribution in [-0.4, -0.2) is 43.3 Å². The number of carbonyl (C=O) groups is 1. The molecular weight excluding hydrogens is 422 g/mol. The topological polar surface area (TPSA) is 131 Å². The Kier molecular flexibility index (Phi) is 8.01. The van der Waals surface area contributed by atoms with Gasteiger partial charge in [0.15, 0.2) is 0 Å². The zero-order chi connectivity index (χ0) is 23.0. The Morgan fingerprint density at radius 2 is 1.84 bits per heavy atom. The highest BCUT2D eigenvalue weighted by molar-refractivity contribution is 7.89. The van der Waals surface area contributed by atoms with E-state index < -0.39 is 34.0 Å². The molecule has 0 amide bonds. The van der Waals surface area contributed by atoms with Gasteiger partial charge in [0.05, 0.1) is 28.1 Å². The van der Waals surface area contributed by atoms with E-state index in [4.69, 9.17) is 4.74 Å². The van der Waals surface area contributed by atoms with Crippen LogP contribution in [-0.2, 0) is 19.6 Å². The largest absolute Gasteiger partial charge is 0.465 e. The Morgan fingerprint density at radius 1 is 1.19 bits per heavy atom. The van der Waals surface area contributed by atoms with Gasteiger partial charge in [-0.05, 0) is 38.1 Å². The number of ether oxygens (including phenoxy) is 1. The third-order valence-corrected chi connectivity index (χ3v) is 6.03. The molecule has 0 aliphatic heterocycles. The maximum Gasteiger partial charge on any atom is 0.321 e. The lowest BCUT2D eigenvalue weighted by molar-refractivity contribution is -0.385. The van der Waals surface area contributed by atoms with Crippen molar-refractivity contribution in [1.82, 2.24) is 4.31 Å². The number of esters is 1. The Hall–Kier alpha value is -3.55. The maximum absolute atomic E-state index is 13.1. The number of carbonyl (C=O) groups excluding carboxylic acids is 1. The molecule has 0 N–H and O–H groups in total. The molecule has 0 aliphatic carbocycles. The molecule has 0 aromatic heterocycles. The molecule has 0 saturated heterocycles. The molecule has 0 heterocycles. The number of benzene rings is 2. The molecule has 0 bridgehead atoms. The fourth-order valence-electron chi connectivity index (χ4n) is 2.70. The molecule has 0 aliphatic rings. The smallest absolute Gasteiger partial charge is 0.321 e. The zero-order valence-corrected chi connectivity index (χ0v) is 17.8. The van der Waals surface area contributed by atoms with E-state index in [2.05, 4.69) is 0 Å². The van der Waals surface area contributed by atoms with E-state index in [-0.39, 0.29) is 28.3 Å². The summed E-state index contributed by atoms with van der Waals surface area (Å²) in [5.41, 5.74) is 0.695. The molecule has 162 valence electrons. The minimum Gasteiger partial charge on any atom is -0.465 e. The Morgan fingerprint density at radius 3 is 2.42 bits per heavy atom. The number of hydrogen-bond acceptors (Lipinski definition) is 7. The van der Waals surface area contributed by atoms with Crippen LogP contribution in [0.2, 0.25) is 0 Å². The van der Waals surface area contributed by atoms with Crippen LogP contribution in [0.5, 0.6) is 0 Å². The molecule has 2 aromatic rings. The van der Waals surface area contributed by atoms with Gasteiger partial charge in [-0.3, -0.25) is 14.9 Å². The van der Waals surface area contributed by atoms with Crippen molar-refractivity contribution in [2.24, 2.45) is 0 Å². The van der Waals surface area contributed by atoms with E-state index >= 15 is 0 Å². The van der Waals surface area contributed by atoms with Gasteiger partial charge in [0, 0.05) is 18.2 Å². The van der Waals surface area contributed by atoms with Gasteiger partial charge in [-0.1, -0.05) is 29.8 Å². The number of nitriles is 1. The third kappa shape index (κ3) is 6.21. The first-order valence-corrected chi connectivity index (χ1v) is 10.7. The Balaban J connectivity index is 2.47. The minimum atomic E-state index is -4.15. The zero-order valence-electron chi connectivity index (χ0n) is 17.0. The van der Waals surface area contributed by atoms with Crippen molar-refractivity contribution in [3.63, 3.8) is 0 Å². The monoisotopic (exact) mass is 443 g/mol. The molecule has 0 fully saturated rings. The summed E-state index contributed by atoms with van der Waals surface area (Å²) in [4.78, 5) is 22.6. The number of hydrogen-bond donors (Lipinski definition) is 0. The van der Waals surface area contributed by atoms with Crippen molar-refractivity contribution < 1.29 is 22.9 Å². The van der Waals surface area contributed by atoms with Crippen LogP contribution < -0.4 is 0 Å². The van der Waals surface area contributed by atoms with Crippen LogP contribution in [0.25, 0.3) is 6.08 Å². The molecule has 31 heavy (non-hydrogen) atoms. The lowest BCUT2D eigenvalue weighted by Crippen LogP contribution is -2.37. The molecule has 10 heteroatoms. The van der Waals surface area contributed by atoms with Crippen molar-refractivity contribution in [3.05, 3.63) is 75.3 Å². The first-order chi connectivity index (χ1) is 14.7. The summed E-state index contributed by atoms with van der Waals surface area (Å²) >= 11 is 0. The van der Waals surface area contributed by atoms with E-state index in [0.29, 0.717) is 0 Å². The molecule has 0 unspecified atom stereocenters. The van der Waals surface area contributed by atoms with Gasteiger partial charge in [0.2, 0.25) is 10.0 Å². The highest BCUT2D eigenvalue weighted by Gasteiger charge is 2.28. The number of nitrogens with zero attached hydrogens (tertiary/aromatic N) is 3. The van der Waals surface area contributed by atoms with E-state index in [0.717, 1.165) is 9.87 Å². The minimum absolute atomic E-state index is 0.0506. The van der Waals surface area contributed by atoms with E-state index in [1.165, 1.54) is 36.4 Å². The second-order valence-electron chi connectivity index (χ2n) is 6.49. The van der Waals surface area contributed by atoms with Crippen LogP contribution >= 0.6 is 0 Å². The van der Waals surface area contributed by atoms with Gasteiger partial charge in [0.1, 0.15) is 6.54 Å². The van der Waals surface area contributed by atoms with Crippen molar-refractivity contribution in [3.8, 4) is 6.07 Å². The number of nitro benzene ring substituents is 1. The summed E-state index contributed by atoms with van der Waals surface area (Å²) in [6.45, 7) is 2.38. The predicted octanol–water partition coefficient (Wildman–Crippen LogP) is 3.06. The summed E-state index contributed by atoms with van der Waals surface area (Å²) in [5.74, 6) is -0.777. The second kappa shape index (κ2) is 10.5. The van der Waals surface area contributed by atoms with Gasteiger partial charge >= 0.3 is 5.97 Å². The normalized spacial score (nSPS) is 11.7. The molecule has 0 atom stereocenters. The first kappa shape index (κ1) is 23.7. The molecule has 0 saturated carbocycles. The van der Waals surface area contributed by atoms with E-state index in [1.807, 2.05) is 6.07 Å². The lowest BCUT2D eigenvalue weighted by atomic mass is 10.1. The van der Waals surface area contributed by atoms with Crippen LogP contribution in [0.3, 0.4) is 0 Å². The quantitative estimate of drug-likeness (QED) is 0.252. The van der Waals surface area contributed by atoms with Gasteiger partial charge in [-0.25, -0.2) is 8.42 Å². The number of sulfonamides is 1. The molecule has 2 aromatic carbocycles. The Labute approximate surface area is 180 Å². The van der Waals surface area contributed by atoms with E-state index in [9.17, 15) is 28.6 Å². The summed E-state index contributed by atoms with van der Waals surface area (Å²) < 4.78 is 32.0. The third-order valence-electron chi connectivity index (χ3n) is 4.22. The van der Waals surface area contributed by atoms with Gasteiger partial charge in [-0.15, -0.1) is 0 Å². The summed E-state index contributed by atoms with van der Waals surface area (Å²) in [6, 6.07) is 13.7. The van der Waals surface area contributed by atoms with Crippen LogP contribution in [0.4, 0.5) is 5.69 Å². The van der Waals surface area contributed by atoms with Crippen molar-refractivity contribution >= 4 is 27.8 Å². The fraction of sp³-hybridized carbons (Fsp3) is 0.238. The molecule has 0 spiro atoms. The maximum atomic E-state index is 13.1. The van der Waals surface area contributed by atoms with Crippen molar-refractivity contribution in [2.75, 3.05) is 19.7 Å². The number of nitro groups is 1. The van der Waals surface area contributed by atoms with Crippen LogP contribution in [0, 0.1) is 28.4 Å². The second-order valence-corrected chi connectivity index (χ2v) is 8.43. The lowest BCUT2D eigenvalue weighted by Gasteiger charge is -2.21. The highest BCUT2D eigenvalue weighted by Crippen LogP contribution is 2.23. The Bertz CT molecular complexity index is 1130. The average molecular weight is 443 g/mol. The van der Waals surface area contributed by atoms with Crippen molar-refractivity contribution in [2.45, 2.75) is 18.7 Å². The number of rotatable bonds is 9. The van der Waals surface area contributed by atoms with Crippen molar-refractivity contribution in [1.29, 1.82) is 5.26 Å². The predicted molar refractivity (Wildman–Crippen MR) is 113 cm³/mol. The average Bonchev–Trinajstić information content (AvgIpc) is 2.73. The van der Waals surface area contributed by atoms with Crippen LogP contribution in [0.1, 0.15) is 18.1 Å². The first-order valence-electron chi connectivity index (χ1n) is 9.25. The summed E-state index contributed by atoms with van der Waals surface area (Å²) in [7, 11) is -4.15. The summed E-state index contributed by atoms with van der Waals surface area (Å²) in [5, 5.41) is 20.8. The van der Waals surface area contributed by atoms with E-state index in [1.54, 1.807) is 32.0 Å². The number of para-hydroxylation sites is 1. The highest BCUT2D eigenvalue weighted by atomic mass is 32.2. The molecular formula is C21H21N3O6S. The van der Waals surface area contributed by atoms with Gasteiger partial charge < -0.3 is 4.74 Å². The fourth-order valence-corrected chi connectivity index (χ4v) is 4.07.